The van der Waals surface area contributed by atoms with Gasteiger partial charge in [0.2, 0.25) is 0 Å². The van der Waals surface area contributed by atoms with Crippen molar-refractivity contribution in [2.45, 2.75) is 12.8 Å². The first kappa shape index (κ1) is 16.2. The highest BCUT2D eigenvalue weighted by Gasteiger charge is 2.20. The zero-order valence-electron chi connectivity index (χ0n) is 14.5. The summed E-state index contributed by atoms with van der Waals surface area (Å²) < 4.78 is 5.31. The first-order valence-electron chi connectivity index (χ1n) is 8.67. The van der Waals surface area contributed by atoms with Gasteiger partial charge in [-0.3, -0.25) is 4.79 Å². The summed E-state index contributed by atoms with van der Waals surface area (Å²) in [5.74, 6) is 0.232. The Bertz CT molecular complexity index is 1030. The number of carbonyl (C=O) groups is 1. The maximum Gasteiger partial charge on any atom is 0.287 e. The number of benzene rings is 2. The molecule has 4 rings (SSSR count). The summed E-state index contributed by atoms with van der Waals surface area (Å²) in [7, 11) is 0. The van der Waals surface area contributed by atoms with E-state index in [1.165, 1.54) is 10.9 Å². The van der Waals surface area contributed by atoms with Gasteiger partial charge in [0.1, 0.15) is 0 Å². The van der Waals surface area contributed by atoms with Crippen LogP contribution in [0.4, 0.5) is 0 Å². The van der Waals surface area contributed by atoms with Crippen molar-refractivity contribution < 1.29 is 9.21 Å². The molecule has 0 aliphatic heterocycles. The molecule has 1 atom stereocenters. The van der Waals surface area contributed by atoms with Gasteiger partial charge in [-0.15, -0.1) is 0 Å². The monoisotopic (exact) mass is 344 g/mol. The summed E-state index contributed by atoms with van der Waals surface area (Å²) in [6.45, 7) is 2.36. The van der Waals surface area contributed by atoms with Gasteiger partial charge in [0.15, 0.2) is 5.76 Å². The van der Waals surface area contributed by atoms with Crippen molar-refractivity contribution in [2.75, 3.05) is 6.54 Å². The number of aryl methyl sites for hydroxylation is 1. The van der Waals surface area contributed by atoms with E-state index in [0.29, 0.717) is 12.3 Å². The lowest BCUT2D eigenvalue weighted by Gasteiger charge is -2.18. The van der Waals surface area contributed by atoms with Crippen molar-refractivity contribution in [3.05, 3.63) is 95.6 Å². The number of para-hydroxylation sites is 1. The Morgan fingerprint density at radius 1 is 1.08 bits per heavy atom. The van der Waals surface area contributed by atoms with E-state index in [9.17, 15) is 4.79 Å². The lowest BCUT2D eigenvalue weighted by Crippen LogP contribution is -2.29. The summed E-state index contributed by atoms with van der Waals surface area (Å²) in [5.41, 5.74) is 4.26. The largest absolute Gasteiger partial charge is 0.459 e. The number of nitrogens with one attached hydrogen (secondary N) is 2. The molecule has 4 nitrogen and oxygen atoms in total. The number of amides is 1. The zero-order chi connectivity index (χ0) is 17.9. The van der Waals surface area contributed by atoms with Gasteiger partial charge >= 0.3 is 0 Å². The fourth-order valence-corrected chi connectivity index (χ4v) is 3.36. The molecule has 2 aromatic carbocycles. The van der Waals surface area contributed by atoms with E-state index in [1.54, 1.807) is 12.3 Å². The number of aromatic amines is 1. The summed E-state index contributed by atoms with van der Waals surface area (Å²) in [6, 6.07) is 20.2. The van der Waals surface area contributed by atoms with Crippen LogP contribution in [0.2, 0.25) is 0 Å². The summed E-state index contributed by atoms with van der Waals surface area (Å²) in [6.07, 6.45) is 3.57. The smallest absolute Gasteiger partial charge is 0.287 e. The van der Waals surface area contributed by atoms with Gasteiger partial charge in [0.05, 0.1) is 6.26 Å². The van der Waals surface area contributed by atoms with Crippen molar-refractivity contribution in [3.63, 3.8) is 0 Å². The van der Waals surface area contributed by atoms with Crippen LogP contribution >= 0.6 is 0 Å². The van der Waals surface area contributed by atoms with Crippen LogP contribution in [0.5, 0.6) is 0 Å². The van der Waals surface area contributed by atoms with Crippen molar-refractivity contribution >= 4 is 16.8 Å². The van der Waals surface area contributed by atoms with Crippen LogP contribution in [0.25, 0.3) is 10.9 Å². The van der Waals surface area contributed by atoms with Crippen molar-refractivity contribution in [3.8, 4) is 0 Å². The van der Waals surface area contributed by atoms with Gasteiger partial charge in [-0.25, -0.2) is 0 Å². The average molecular weight is 344 g/mol. The minimum Gasteiger partial charge on any atom is -0.459 e. The number of H-pyrrole nitrogens is 1. The first-order chi connectivity index (χ1) is 12.7. The quantitative estimate of drug-likeness (QED) is 0.554. The fourth-order valence-electron chi connectivity index (χ4n) is 3.36. The number of hydrogen-bond donors (Lipinski definition) is 2. The fraction of sp³-hybridized carbons (Fsp3) is 0.136. The molecule has 4 aromatic rings. The number of fused-ring (bicyclic) bond motifs is 1. The van der Waals surface area contributed by atoms with Gasteiger partial charge in [-0.05, 0) is 30.2 Å². The van der Waals surface area contributed by atoms with E-state index in [4.69, 9.17) is 4.42 Å². The molecule has 0 unspecified atom stereocenters. The molecule has 0 saturated carbocycles. The first-order valence-corrected chi connectivity index (χ1v) is 8.67. The van der Waals surface area contributed by atoms with Crippen LogP contribution in [0.1, 0.15) is 33.2 Å². The van der Waals surface area contributed by atoms with Crippen LogP contribution in [0.15, 0.2) is 77.5 Å². The molecule has 4 heteroatoms. The standard InChI is InChI=1S/C22H20N2O2/c1-15-11-12-26-21(15)22(25)24-13-18(16-7-3-2-4-8-16)19-14-23-20-10-6-5-9-17(19)20/h2-12,14,18,23H,13H2,1H3,(H,24,25)/t18-/m0/s1. The third-order valence-corrected chi connectivity index (χ3v) is 4.73. The molecule has 0 aliphatic rings. The topological polar surface area (TPSA) is 58.0 Å². The van der Waals surface area contributed by atoms with Crippen LogP contribution in [0.3, 0.4) is 0 Å². The number of hydrogen-bond acceptors (Lipinski definition) is 2. The molecule has 130 valence electrons. The summed E-state index contributed by atoms with van der Waals surface area (Å²) in [4.78, 5) is 15.8. The third-order valence-electron chi connectivity index (χ3n) is 4.73. The zero-order valence-corrected chi connectivity index (χ0v) is 14.5. The van der Waals surface area contributed by atoms with E-state index in [2.05, 4.69) is 34.6 Å². The summed E-state index contributed by atoms with van der Waals surface area (Å²) >= 11 is 0. The normalized spacial score (nSPS) is 12.2. The molecular formula is C22H20N2O2. The SMILES string of the molecule is Cc1ccoc1C(=O)NC[C@@H](c1ccccc1)c1c[nH]c2ccccc12. The Hall–Kier alpha value is -3.27. The minimum atomic E-state index is -0.187. The molecule has 26 heavy (non-hydrogen) atoms. The van der Waals surface area contributed by atoms with Gasteiger partial charge in [0.25, 0.3) is 5.91 Å². The maximum absolute atomic E-state index is 12.5. The molecule has 2 N–H and O–H groups in total. The van der Waals surface area contributed by atoms with Crippen LogP contribution in [-0.2, 0) is 0 Å². The van der Waals surface area contributed by atoms with E-state index < -0.39 is 0 Å². The molecule has 0 bridgehead atoms. The van der Waals surface area contributed by atoms with Gasteiger partial charge in [-0.2, -0.15) is 0 Å². The Labute approximate surface area is 151 Å². The van der Waals surface area contributed by atoms with Crippen LogP contribution in [-0.4, -0.2) is 17.4 Å². The highest BCUT2D eigenvalue weighted by molar-refractivity contribution is 5.93. The molecule has 0 saturated heterocycles. The second kappa shape index (κ2) is 6.92. The van der Waals surface area contributed by atoms with E-state index in [-0.39, 0.29) is 11.8 Å². The molecule has 0 radical (unpaired) electrons. The van der Waals surface area contributed by atoms with Gasteiger partial charge in [-0.1, -0.05) is 48.5 Å². The maximum atomic E-state index is 12.5. The second-order valence-electron chi connectivity index (χ2n) is 6.40. The predicted molar refractivity (Wildman–Crippen MR) is 102 cm³/mol. The van der Waals surface area contributed by atoms with Crippen molar-refractivity contribution in [1.29, 1.82) is 0 Å². The number of rotatable bonds is 5. The Kier molecular flexibility index (Phi) is 4.32. The molecule has 2 aromatic heterocycles. The lowest BCUT2D eigenvalue weighted by molar-refractivity contribution is 0.0924. The Morgan fingerprint density at radius 2 is 1.85 bits per heavy atom. The van der Waals surface area contributed by atoms with Crippen molar-refractivity contribution in [1.82, 2.24) is 10.3 Å². The van der Waals surface area contributed by atoms with Gasteiger partial charge < -0.3 is 14.7 Å². The molecular weight excluding hydrogens is 324 g/mol. The van der Waals surface area contributed by atoms with E-state index in [0.717, 1.165) is 16.6 Å². The Morgan fingerprint density at radius 3 is 2.62 bits per heavy atom. The molecule has 2 heterocycles. The molecule has 1 amide bonds. The third kappa shape index (κ3) is 3.02. The minimum absolute atomic E-state index is 0.0477. The highest BCUT2D eigenvalue weighted by atomic mass is 16.3. The average Bonchev–Trinajstić information content (AvgIpc) is 3.29. The van der Waals surface area contributed by atoms with Gasteiger partial charge in [0, 0.05) is 35.1 Å². The second-order valence-corrected chi connectivity index (χ2v) is 6.40. The molecule has 0 aliphatic carbocycles. The Balaban J connectivity index is 1.66. The number of furan rings is 1. The van der Waals surface area contributed by atoms with E-state index >= 15 is 0 Å². The predicted octanol–water partition coefficient (Wildman–Crippen LogP) is 4.63. The number of aromatic nitrogens is 1. The highest BCUT2D eigenvalue weighted by Crippen LogP contribution is 2.30. The molecule has 0 spiro atoms. The van der Waals surface area contributed by atoms with Crippen LogP contribution < -0.4 is 5.32 Å². The number of carbonyl (C=O) groups excluding carboxylic acids is 1. The van der Waals surface area contributed by atoms with E-state index in [1.807, 2.05) is 43.5 Å². The van der Waals surface area contributed by atoms with Crippen molar-refractivity contribution in [2.24, 2.45) is 0 Å². The summed E-state index contributed by atoms with van der Waals surface area (Å²) in [5, 5.41) is 4.20. The molecule has 0 fully saturated rings. The lowest BCUT2D eigenvalue weighted by atomic mass is 9.91. The van der Waals surface area contributed by atoms with Crippen LogP contribution in [0, 0.1) is 6.92 Å².